The van der Waals surface area contributed by atoms with E-state index in [1.165, 1.54) is 23.9 Å². The van der Waals surface area contributed by atoms with Crippen LogP contribution in [0.1, 0.15) is 21.5 Å². The van der Waals surface area contributed by atoms with E-state index in [0.29, 0.717) is 27.2 Å². The van der Waals surface area contributed by atoms with Crippen molar-refractivity contribution in [3.05, 3.63) is 131 Å². The first-order chi connectivity index (χ1) is 19.9. The lowest BCUT2D eigenvalue weighted by Crippen LogP contribution is -2.28. The fourth-order valence-electron chi connectivity index (χ4n) is 3.96. The number of ether oxygens (including phenoxy) is 1. The van der Waals surface area contributed by atoms with E-state index in [-0.39, 0.29) is 30.5 Å². The number of hydrogen-bond acceptors (Lipinski definition) is 6. The molecule has 2 N–H and O–H groups in total. The summed E-state index contributed by atoms with van der Waals surface area (Å²) in [5.41, 5.74) is 3.16. The molecule has 0 radical (unpaired) electrons. The average molecular weight is 564 g/mol. The summed E-state index contributed by atoms with van der Waals surface area (Å²) in [5, 5.41) is 12.5. The molecular formula is C32H25N3O5S. The molecule has 1 aliphatic heterocycles. The topological polar surface area (TPSA) is 108 Å². The molecule has 0 unspecified atom stereocenters. The number of amidine groups is 1. The molecule has 1 aliphatic rings. The second kappa shape index (κ2) is 12.8. The zero-order valence-electron chi connectivity index (χ0n) is 21.8. The molecule has 9 heteroatoms. The molecular weight excluding hydrogens is 538 g/mol. The van der Waals surface area contributed by atoms with Crippen LogP contribution < -0.4 is 10.1 Å². The molecule has 8 nitrogen and oxygen atoms in total. The van der Waals surface area contributed by atoms with Crippen LogP contribution in [0.15, 0.2) is 119 Å². The van der Waals surface area contributed by atoms with Crippen LogP contribution in [0, 0.1) is 0 Å². The third kappa shape index (κ3) is 7.28. The number of carboxylic acid groups (broad SMARTS) is 1. The molecule has 0 aromatic heterocycles. The van der Waals surface area contributed by atoms with Crippen LogP contribution in [0.25, 0.3) is 6.08 Å². The molecule has 0 spiro atoms. The summed E-state index contributed by atoms with van der Waals surface area (Å²) >= 11 is 1.27. The number of rotatable bonds is 9. The van der Waals surface area contributed by atoms with Gasteiger partial charge in [-0.15, -0.1) is 0 Å². The van der Waals surface area contributed by atoms with E-state index in [2.05, 4.69) is 5.32 Å². The Morgan fingerprint density at radius 1 is 0.878 bits per heavy atom. The summed E-state index contributed by atoms with van der Waals surface area (Å²) in [6, 6.07) is 32.1. The van der Waals surface area contributed by atoms with Gasteiger partial charge in [-0.3, -0.25) is 14.5 Å². The zero-order chi connectivity index (χ0) is 28.6. The maximum absolute atomic E-state index is 13.5. The number of para-hydroxylation sites is 2. The number of carboxylic acids is 1. The Morgan fingerprint density at radius 3 is 2.20 bits per heavy atom. The van der Waals surface area contributed by atoms with E-state index in [1.54, 1.807) is 47.4 Å². The fourth-order valence-corrected chi connectivity index (χ4v) is 4.96. The first-order valence-electron chi connectivity index (χ1n) is 12.7. The predicted molar refractivity (Wildman–Crippen MR) is 160 cm³/mol. The Bertz CT molecular complexity index is 1600. The lowest BCUT2D eigenvalue weighted by Gasteiger charge is -2.16. The zero-order valence-corrected chi connectivity index (χ0v) is 22.6. The quantitative estimate of drug-likeness (QED) is 0.235. The molecule has 0 saturated carbocycles. The van der Waals surface area contributed by atoms with Crippen LogP contribution in [0.2, 0.25) is 0 Å². The number of aromatic carboxylic acids is 1. The number of aliphatic imine (C=N–C) groups is 1. The van der Waals surface area contributed by atoms with Gasteiger partial charge in [0, 0.05) is 5.69 Å². The third-order valence-corrected chi connectivity index (χ3v) is 7.02. The number of carbonyl (C=O) groups excluding carboxylic acids is 2. The van der Waals surface area contributed by atoms with Gasteiger partial charge in [0.05, 0.1) is 22.7 Å². The van der Waals surface area contributed by atoms with E-state index >= 15 is 0 Å². The minimum Gasteiger partial charge on any atom is -0.484 e. The van der Waals surface area contributed by atoms with Crippen molar-refractivity contribution in [2.24, 2.45) is 4.99 Å². The molecule has 4 aromatic rings. The summed E-state index contributed by atoms with van der Waals surface area (Å²) in [4.78, 5) is 43.6. The van der Waals surface area contributed by atoms with Crippen molar-refractivity contribution in [2.75, 3.05) is 11.9 Å². The number of nitrogens with zero attached hydrogens (tertiary/aromatic N) is 2. The van der Waals surface area contributed by atoms with Crippen molar-refractivity contribution >= 4 is 52.2 Å². The van der Waals surface area contributed by atoms with Crippen molar-refractivity contribution in [2.45, 2.75) is 6.54 Å². The molecule has 1 saturated heterocycles. The molecule has 0 aliphatic carbocycles. The van der Waals surface area contributed by atoms with E-state index < -0.39 is 5.97 Å². The van der Waals surface area contributed by atoms with Crippen LogP contribution in [-0.4, -0.2) is 39.6 Å². The smallest absolute Gasteiger partial charge is 0.335 e. The highest BCUT2D eigenvalue weighted by atomic mass is 32.2. The second-order valence-electron chi connectivity index (χ2n) is 9.01. The van der Waals surface area contributed by atoms with E-state index in [0.717, 1.165) is 11.1 Å². The number of carbonyl (C=O) groups is 3. The van der Waals surface area contributed by atoms with Gasteiger partial charge in [0.15, 0.2) is 11.8 Å². The lowest BCUT2D eigenvalue weighted by molar-refractivity contribution is -0.122. The molecule has 1 fully saturated rings. The Balaban J connectivity index is 1.29. The number of benzene rings is 4. The number of nitrogens with one attached hydrogen (secondary N) is 1. The first kappa shape index (κ1) is 27.4. The van der Waals surface area contributed by atoms with Crippen molar-refractivity contribution in [1.82, 2.24) is 4.90 Å². The van der Waals surface area contributed by atoms with Gasteiger partial charge in [-0.1, -0.05) is 60.7 Å². The average Bonchev–Trinajstić information content (AvgIpc) is 3.27. The molecule has 0 bridgehead atoms. The molecule has 4 aromatic carbocycles. The SMILES string of the molecule is O=C(COc1ccc(/C=C2\SC(=Nc3ccccc3)N(Cc3ccc(C(=O)O)cc3)C2=O)cc1)Nc1ccccc1. The van der Waals surface area contributed by atoms with Gasteiger partial charge < -0.3 is 15.2 Å². The van der Waals surface area contributed by atoms with Crippen LogP contribution in [0.3, 0.4) is 0 Å². The van der Waals surface area contributed by atoms with Gasteiger partial charge in [0.25, 0.3) is 11.8 Å². The van der Waals surface area contributed by atoms with Gasteiger partial charge in [0.1, 0.15) is 5.75 Å². The van der Waals surface area contributed by atoms with Crippen molar-refractivity contribution < 1.29 is 24.2 Å². The van der Waals surface area contributed by atoms with Gasteiger partial charge >= 0.3 is 5.97 Å². The predicted octanol–water partition coefficient (Wildman–Crippen LogP) is 6.21. The summed E-state index contributed by atoms with van der Waals surface area (Å²) in [7, 11) is 0. The number of amides is 2. The van der Waals surface area contributed by atoms with Crippen LogP contribution >= 0.6 is 11.8 Å². The fraction of sp³-hybridized carbons (Fsp3) is 0.0625. The lowest BCUT2D eigenvalue weighted by atomic mass is 10.1. The summed E-state index contributed by atoms with van der Waals surface area (Å²) in [5.74, 6) is -0.950. The Morgan fingerprint density at radius 2 is 1.54 bits per heavy atom. The van der Waals surface area contributed by atoms with E-state index in [1.807, 2.05) is 60.7 Å². The maximum atomic E-state index is 13.5. The molecule has 5 rings (SSSR count). The molecule has 204 valence electrons. The van der Waals surface area contributed by atoms with Crippen molar-refractivity contribution in [3.63, 3.8) is 0 Å². The number of anilines is 1. The molecule has 0 atom stereocenters. The first-order valence-corrected chi connectivity index (χ1v) is 13.5. The minimum absolute atomic E-state index is 0.134. The molecule has 41 heavy (non-hydrogen) atoms. The number of hydrogen-bond donors (Lipinski definition) is 2. The van der Waals surface area contributed by atoms with Crippen LogP contribution in [-0.2, 0) is 16.1 Å². The van der Waals surface area contributed by atoms with Crippen LogP contribution in [0.5, 0.6) is 5.75 Å². The standard InChI is InChI=1S/C32H25N3O5S/c36-29(33-25-7-3-1-4-8-25)21-40-27-17-13-22(14-18-27)19-28-30(37)35(20-23-11-15-24(16-12-23)31(38)39)32(41-28)34-26-9-5-2-6-10-26/h1-19H,20-21H2,(H,33,36)(H,38,39)/b28-19-,34-32?. The Hall–Kier alpha value is -5.15. The van der Waals surface area contributed by atoms with Crippen LogP contribution in [0.4, 0.5) is 11.4 Å². The highest BCUT2D eigenvalue weighted by Gasteiger charge is 2.33. The summed E-state index contributed by atoms with van der Waals surface area (Å²) in [6.45, 7) is 0.109. The van der Waals surface area contributed by atoms with E-state index in [9.17, 15) is 19.5 Å². The van der Waals surface area contributed by atoms with Gasteiger partial charge in [-0.25, -0.2) is 9.79 Å². The van der Waals surface area contributed by atoms with Crippen molar-refractivity contribution in [3.8, 4) is 5.75 Å². The Labute approximate surface area is 241 Å². The monoisotopic (exact) mass is 563 g/mol. The molecule has 2 amide bonds. The van der Waals surface area contributed by atoms with Crippen molar-refractivity contribution in [1.29, 1.82) is 0 Å². The Kier molecular flexibility index (Phi) is 8.56. The van der Waals surface area contributed by atoms with E-state index in [4.69, 9.17) is 9.73 Å². The highest BCUT2D eigenvalue weighted by molar-refractivity contribution is 8.18. The van der Waals surface area contributed by atoms with Gasteiger partial charge in [-0.05, 0) is 77.5 Å². The minimum atomic E-state index is -1.01. The maximum Gasteiger partial charge on any atom is 0.335 e. The highest BCUT2D eigenvalue weighted by Crippen LogP contribution is 2.35. The van der Waals surface area contributed by atoms with Gasteiger partial charge in [0.2, 0.25) is 0 Å². The summed E-state index contributed by atoms with van der Waals surface area (Å²) < 4.78 is 5.61. The third-order valence-electron chi connectivity index (χ3n) is 6.02. The molecule has 1 heterocycles. The van der Waals surface area contributed by atoms with Gasteiger partial charge in [-0.2, -0.15) is 0 Å². The normalized spacial score (nSPS) is 14.8. The summed E-state index contributed by atoms with van der Waals surface area (Å²) in [6.07, 6.45) is 1.78. The second-order valence-corrected chi connectivity index (χ2v) is 10.0. The largest absolute Gasteiger partial charge is 0.484 e. The number of thioether (sulfide) groups is 1.